The number of nitrogens with one attached hydrogen (secondary N) is 2. The third-order valence-electron chi connectivity index (χ3n) is 4.93. The lowest BCUT2D eigenvalue weighted by atomic mass is 10.3. The molecule has 1 aromatic carbocycles. The van der Waals surface area contributed by atoms with Gasteiger partial charge in [-0.2, -0.15) is 0 Å². The molecule has 2 N–H and O–H groups in total. The number of benzene rings is 1. The Kier molecular flexibility index (Phi) is 9.85. The van der Waals surface area contributed by atoms with Gasteiger partial charge in [0.1, 0.15) is 5.82 Å². The lowest BCUT2D eigenvalue weighted by Gasteiger charge is -2.34. The summed E-state index contributed by atoms with van der Waals surface area (Å²) in [6, 6.07) is 8.49. The second-order valence-electron chi connectivity index (χ2n) is 7.22. The number of halogens is 1. The minimum Gasteiger partial charge on any atom is -0.357 e. The predicted octanol–water partition coefficient (Wildman–Crippen LogP) is 2.48. The van der Waals surface area contributed by atoms with Crippen LogP contribution in [0.5, 0.6) is 0 Å². The minimum atomic E-state index is -0.192. The molecule has 168 valence electrons. The zero-order valence-corrected chi connectivity index (χ0v) is 19.0. The number of aromatic nitrogens is 2. The molecule has 0 aliphatic carbocycles. The number of anilines is 1. The lowest BCUT2D eigenvalue weighted by Crippen LogP contribution is -2.49. The van der Waals surface area contributed by atoms with Crippen LogP contribution in [0, 0.1) is 5.82 Å². The Morgan fingerprint density at radius 1 is 1.10 bits per heavy atom. The van der Waals surface area contributed by atoms with E-state index in [-0.39, 0.29) is 5.82 Å². The molecule has 0 radical (unpaired) electrons. The van der Waals surface area contributed by atoms with Crippen LogP contribution in [0.25, 0.3) is 0 Å². The maximum absolute atomic E-state index is 12.9. The first-order valence-electron chi connectivity index (χ1n) is 10.9. The van der Waals surface area contributed by atoms with Gasteiger partial charge in [0, 0.05) is 69.6 Å². The Bertz CT molecular complexity index is 780. The van der Waals surface area contributed by atoms with Crippen molar-refractivity contribution in [2.75, 3.05) is 63.0 Å². The van der Waals surface area contributed by atoms with E-state index in [1.165, 1.54) is 12.1 Å². The molecular weight excluding hydrogens is 413 g/mol. The molecule has 1 saturated heterocycles. The molecule has 0 atom stereocenters. The van der Waals surface area contributed by atoms with Crippen molar-refractivity contribution < 1.29 is 4.39 Å². The predicted molar refractivity (Wildman–Crippen MR) is 126 cm³/mol. The van der Waals surface area contributed by atoms with Gasteiger partial charge in [-0.3, -0.25) is 9.89 Å². The molecule has 1 aliphatic rings. The van der Waals surface area contributed by atoms with Crippen LogP contribution in [0.2, 0.25) is 0 Å². The number of rotatable bonds is 10. The van der Waals surface area contributed by atoms with E-state index in [0.717, 1.165) is 81.3 Å². The summed E-state index contributed by atoms with van der Waals surface area (Å²) in [5.41, 5.74) is 0. The lowest BCUT2D eigenvalue weighted by molar-refractivity contribution is 0.260. The third-order valence-corrected chi connectivity index (χ3v) is 6.03. The summed E-state index contributed by atoms with van der Waals surface area (Å²) >= 11 is 1.73. The van der Waals surface area contributed by atoms with E-state index in [2.05, 4.69) is 42.3 Å². The molecule has 0 bridgehead atoms. The molecule has 1 fully saturated rings. The van der Waals surface area contributed by atoms with Gasteiger partial charge in [0.25, 0.3) is 0 Å². The monoisotopic (exact) mass is 445 g/mol. The Labute approximate surface area is 188 Å². The van der Waals surface area contributed by atoms with Crippen LogP contribution >= 0.6 is 11.8 Å². The maximum Gasteiger partial charge on any atom is 0.225 e. The number of thioether (sulfide) groups is 1. The summed E-state index contributed by atoms with van der Waals surface area (Å²) < 4.78 is 12.9. The molecule has 0 spiro atoms. The normalized spacial score (nSPS) is 15.2. The molecular formula is C22H32FN7S. The van der Waals surface area contributed by atoms with Crippen LogP contribution in [-0.4, -0.2) is 78.9 Å². The van der Waals surface area contributed by atoms with Gasteiger partial charge in [0.15, 0.2) is 5.96 Å². The van der Waals surface area contributed by atoms with Crippen LogP contribution in [0.1, 0.15) is 13.3 Å². The third kappa shape index (κ3) is 8.34. The molecule has 9 heteroatoms. The van der Waals surface area contributed by atoms with E-state index in [9.17, 15) is 4.39 Å². The smallest absolute Gasteiger partial charge is 0.225 e. The maximum atomic E-state index is 12.9. The topological polar surface area (TPSA) is 68.7 Å². The highest BCUT2D eigenvalue weighted by Crippen LogP contribution is 2.18. The second kappa shape index (κ2) is 13.1. The highest BCUT2D eigenvalue weighted by Gasteiger charge is 2.18. The van der Waals surface area contributed by atoms with E-state index in [4.69, 9.17) is 0 Å². The summed E-state index contributed by atoms with van der Waals surface area (Å²) in [5, 5.41) is 6.75. The first-order chi connectivity index (χ1) is 15.2. The molecule has 3 rings (SSSR count). The van der Waals surface area contributed by atoms with Crippen LogP contribution < -0.4 is 15.5 Å². The number of hydrogen-bond donors (Lipinski definition) is 2. The first-order valence-corrected chi connectivity index (χ1v) is 11.9. The zero-order chi connectivity index (χ0) is 21.7. The van der Waals surface area contributed by atoms with Gasteiger partial charge in [-0.05, 0) is 49.4 Å². The largest absolute Gasteiger partial charge is 0.357 e. The van der Waals surface area contributed by atoms with E-state index in [1.807, 2.05) is 18.2 Å². The molecule has 1 aromatic heterocycles. The van der Waals surface area contributed by atoms with Gasteiger partial charge >= 0.3 is 0 Å². The fraction of sp³-hybridized carbons (Fsp3) is 0.500. The average Bonchev–Trinajstić information content (AvgIpc) is 2.81. The molecule has 2 aromatic rings. The van der Waals surface area contributed by atoms with E-state index < -0.39 is 0 Å². The van der Waals surface area contributed by atoms with Crippen molar-refractivity contribution in [3.05, 3.63) is 48.5 Å². The van der Waals surface area contributed by atoms with Gasteiger partial charge in [-0.15, -0.1) is 11.8 Å². The minimum absolute atomic E-state index is 0.192. The summed E-state index contributed by atoms with van der Waals surface area (Å²) in [6.07, 6.45) is 4.56. The van der Waals surface area contributed by atoms with E-state index >= 15 is 0 Å². The highest BCUT2D eigenvalue weighted by molar-refractivity contribution is 7.99. The van der Waals surface area contributed by atoms with Gasteiger partial charge in [-0.1, -0.05) is 0 Å². The Morgan fingerprint density at radius 3 is 2.55 bits per heavy atom. The van der Waals surface area contributed by atoms with Gasteiger partial charge in [-0.25, -0.2) is 14.4 Å². The number of guanidine groups is 1. The number of hydrogen-bond acceptors (Lipinski definition) is 6. The quantitative estimate of drug-likeness (QED) is 0.252. The number of nitrogens with zero attached hydrogens (tertiary/aromatic N) is 5. The average molecular weight is 446 g/mol. The summed E-state index contributed by atoms with van der Waals surface area (Å²) in [6.45, 7) is 9.43. The van der Waals surface area contributed by atoms with Crippen molar-refractivity contribution in [1.29, 1.82) is 0 Å². The van der Waals surface area contributed by atoms with Crippen LogP contribution in [0.3, 0.4) is 0 Å². The van der Waals surface area contributed by atoms with E-state index in [1.54, 1.807) is 24.2 Å². The van der Waals surface area contributed by atoms with Crippen molar-refractivity contribution in [3.63, 3.8) is 0 Å². The van der Waals surface area contributed by atoms with Crippen LogP contribution in [0.15, 0.2) is 52.6 Å². The number of piperazine rings is 1. The fourth-order valence-corrected chi connectivity index (χ4v) is 4.11. The molecule has 1 aliphatic heterocycles. The van der Waals surface area contributed by atoms with Crippen molar-refractivity contribution in [2.24, 2.45) is 4.99 Å². The molecule has 0 unspecified atom stereocenters. The molecule has 0 saturated carbocycles. The summed E-state index contributed by atoms with van der Waals surface area (Å²) in [4.78, 5) is 19.1. The molecule has 31 heavy (non-hydrogen) atoms. The van der Waals surface area contributed by atoms with Crippen LogP contribution in [-0.2, 0) is 0 Å². The Morgan fingerprint density at radius 2 is 1.84 bits per heavy atom. The van der Waals surface area contributed by atoms with Gasteiger partial charge in [0.05, 0.1) is 0 Å². The van der Waals surface area contributed by atoms with Crippen LogP contribution in [0.4, 0.5) is 10.3 Å². The van der Waals surface area contributed by atoms with Crippen molar-refractivity contribution in [3.8, 4) is 0 Å². The SMILES string of the molecule is CCNC(=NCCCSc1ccc(F)cc1)NCCN1CCN(c2ncccn2)CC1. The zero-order valence-electron chi connectivity index (χ0n) is 18.1. The van der Waals surface area contributed by atoms with Gasteiger partial charge in [0.2, 0.25) is 5.95 Å². The second-order valence-corrected chi connectivity index (χ2v) is 8.39. The summed E-state index contributed by atoms with van der Waals surface area (Å²) in [7, 11) is 0. The standard InChI is InChI=1S/C22H32FN7S/c1-2-24-21(25-11-4-18-31-20-7-5-19(23)6-8-20)26-12-13-29-14-16-30(17-15-29)22-27-9-3-10-28-22/h3,5-10H,2,4,11-18H2,1H3,(H2,24,25,26). The fourth-order valence-electron chi connectivity index (χ4n) is 3.28. The molecule has 7 nitrogen and oxygen atoms in total. The molecule has 2 heterocycles. The Balaban J connectivity index is 1.31. The molecule has 0 amide bonds. The highest BCUT2D eigenvalue weighted by atomic mass is 32.2. The van der Waals surface area contributed by atoms with E-state index in [0.29, 0.717) is 0 Å². The van der Waals surface area contributed by atoms with Crippen molar-refractivity contribution >= 4 is 23.7 Å². The summed E-state index contributed by atoms with van der Waals surface area (Å²) in [5.74, 6) is 2.46. The first kappa shape index (κ1) is 23.3. The Hall–Kier alpha value is -2.39. The van der Waals surface area contributed by atoms with Crippen molar-refractivity contribution in [2.45, 2.75) is 18.2 Å². The van der Waals surface area contributed by atoms with Gasteiger partial charge < -0.3 is 15.5 Å². The van der Waals surface area contributed by atoms with Crippen molar-refractivity contribution in [1.82, 2.24) is 25.5 Å². The number of aliphatic imine (C=N–C) groups is 1.